The summed E-state index contributed by atoms with van der Waals surface area (Å²) in [6.07, 6.45) is 0. The highest BCUT2D eigenvalue weighted by molar-refractivity contribution is 7.99. The number of thiazole rings is 1. The Kier molecular flexibility index (Phi) is 7.12. The van der Waals surface area contributed by atoms with E-state index in [2.05, 4.69) is 15.2 Å². The summed E-state index contributed by atoms with van der Waals surface area (Å²) in [5.74, 6) is 1.16. The van der Waals surface area contributed by atoms with Gasteiger partial charge in [0.2, 0.25) is 5.91 Å². The number of hydrogen-bond acceptors (Lipinski definition) is 6. The van der Waals surface area contributed by atoms with E-state index in [1.54, 1.807) is 11.8 Å². The summed E-state index contributed by atoms with van der Waals surface area (Å²) in [5, 5.41) is 6.28. The van der Waals surface area contributed by atoms with Crippen molar-refractivity contribution in [1.82, 2.24) is 9.88 Å². The number of halogens is 1. The Hall–Kier alpha value is -1.12. The molecule has 2 heterocycles. The molecule has 2 aromatic rings. The van der Waals surface area contributed by atoms with E-state index in [0.29, 0.717) is 10.9 Å². The SMILES string of the molecule is O=C(CSCc1ccc(Cl)cc1)Nc1nc(CN2CCOCC2)cs1. The van der Waals surface area contributed by atoms with Crippen LogP contribution >= 0.6 is 34.7 Å². The van der Waals surface area contributed by atoms with Gasteiger partial charge in [-0.05, 0) is 17.7 Å². The Bertz CT molecular complexity index is 687. The van der Waals surface area contributed by atoms with Crippen molar-refractivity contribution >= 4 is 45.7 Å². The summed E-state index contributed by atoms with van der Waals surface area (Å²) >= 11 is 8.91. The summed E-state index contributed by atoms with van der Waals surface area (Å²) in [6.45, 7) is 4.22. The molecular formula is C17H20ClN3O2S2. The van der Waals surface area contributed by atoms with Crippen LogP contribution < -0.4 is 5.32 Å². The number of hydrogen-bond donors (Lipinski definition) is 1. The third kappa shape index (κ3) is 6.27. The minimum Gasteiger partial charge on any atom is -0.379 e. The van der Waals surface area contributed by atoms with Crippen molar-refractivity contribution in [3.63, 3.8) is 0 Å². The first-order chi connectivity index (χ1) is 12.2. The van der Waals surface area contributed by atoms with Gasteiger partial charge in [-0.15, -0.1) is 23.1 Å². The van der Waals surface area contributed by atoms with Crippen LogP contribution in [0.15, 0.2) is 29.6 Å². The van der Waals surface area contributed by atoms with Gasteiger partial charge >= 0.3 is 0 Å². The van der Waals surface area contributed by atoms with Crippen molar-refractivity contribution in [2.75, 3.05) is 37.4 Å². The van der Waals surface area contributed by atoms with Crippen LogP contribution in [0.1, 0.15) is 11.3 Å². The van der Waals surface area contributed by atoms with Gasteiger partial charge in [-0.3, -0.25) is 9.69 Å². The van der Waals surface area contributed by atoms with E-state index in [9.17, 15) is 4.79 Å². The molecule has 0 atom stereocenters. The third-order valence-corrected chi connectivity index (χ3v) is 5.76. The van der Waals surface area contributed by atoms with Crippen LogP contribution in [-0.2, 0) is 21.8 Å². The van der Waals surface area contributed by atoms with Gasteiger partial charge in [0.05, 0.1) is 24.7 Å². The molecule has 1 aliphatic heterocycles. The fourth-order valence-corrected chi connectivity index (χ4v) is 4.05. The van der Waals surface area contributed by atoms with Gasteiger partial charge in [0.1, 0.15) is 0 Å². The average Bonchev–Trinajstić information content (AvgIpc) is 3.04. The van der Waals surface area contributed by atoms with Crippen molar-refractivity contribution in [2.45, 2.75) is 12.3 Å². The predicted molar refractivity (Wildman–Crippen MR) is 104 cm³/mol. The number of amides is 1. The van der Waals surface area contributed by atoms with Crippen molar-refractivity contribution in [3.8, 4) is 0 Å². The maximum Gasteiger partial charge on any atom is 0.236 e. The van der Waals surface area contributed by atoms with Gasteiger partial charge < -0.3 is 10.1 Å². The molecule has 1 aliphatic rings. The number of aromatic nitrogens is 1. The second kappa shape index (κ2) is 9.54. The molecule has 5 nitrogen and oxygen atoms in total. The lowest BCUT2D eigenvalue weighted by Gasteiger charge is -2.25. The Labute approximate surface area is 160 Å². The zero-order chi connectivity index (χ0) is 17.5. The molecule has 0 unspecified atom stereocenters. The molecule has 0 saturated carbocycles. The van der Waals surface area contributed by atoms with E-state index >= 15 is 0 Å². The number of nitrogens with one attached hydrogen (secondary N) is 1. The molecule has 134 valence electrons. The number of thioether (sulfide) groups is 1. The molecule has 0 spiro atoms. The van der Waals surface area contributed by atoms with Crippen LogP contribution in [0, 0.1) is 0 Å². The molecule has 1 fully saturated rings. The number of carbonyl (C=O) groups is 1. The van der Waals surface area contributed by atoms with E-state index in [1.165, 1.54) is 11.3 Å². The summed E-state index contributed by atoms with van der Waals surface area (Å²) < 4.78 is 5.35. The summed E-state index contributed by atoms with van der Waals surface area (Å²) in [7, 11) is 0. The first-order valence-corrected chi connectivity index (χ1v) is 10.5. The molecule has 1 amide bonds. The number of nitrogens with zero attached hydrogens (tertiary/aromatic N) is 2. The molecular weight excluding hydrogens is 378 g/mol. The number of morpholine rings is 1. The molecule has 1 N–H and O–H groups in total. The molecule has 0 bridgehead atoms. The highest BCUT2D eigenvalue weighted by Crippen LogP contribution is 2.19. The highest BCUT2D eigenvalue weighted by atomic mass is 35.5. The molecule has 0 radical (unpaired) electrons. The Morgan fingerprint density at radius 1 is 1.32 bits per heavy atom. The molecule has 25 heavy (non-hydrogen) atoms. The van der Waals surface area contributed by atoms with Gasteiger partial charge in [0.25, 0.3) is 0 Å². The third-order valence-electron chi connectivity index (χ3n) is 3.70. The normalized spacial score (nSPS) is 15.2. The van der Waals surface area contributed by atoms with Crippen molar-refractivity contribution < 1.29 is 9.53 Å². The zero-order valence-electron chi connectivity index (χ0n) is 13.7. The van der Waals surface area contributed by atoms with E-state index in [-0.39, 0.29) is 5.91 Å². The number of ether oxygens (including phenoxy) is 1. The van der Waals surface area contributed by atoms with E-state index in [0.717, 1.165) is 54.9 Å². The van der Waals surface area contributed by atoms with Crippen molar-refractivity contribution in [1.29, 1.82) is 0 Å². The fraction of sp³-hybridized carbons (Fsp3) is 0.412. The quantitative estimate of drug-likeness (QED) is 0.774. The van der Waals surface area contributed by atoms with Crippen LogP contribution in [-0.4, -0.2) is 47.8 Å². The first-order valence-electron chi connectivity index (χ1n) is 8.05. The number of anilines is 1. The van der Waals surface area contributed by atoms with Crippen molar-refractivity contribution in [2.24, 2.45) is 0 Å². The maximum atomic E-state index is 12.0. The molecule has 0 aliphatic carbocycles. The predicted octanol–water partition coefficient (Wildman–Crippen LogP) is 3.50. The van der Waals surface area contributed by atoms with Crippen molar-refractivity contribution in [3.05, 3.63) is 45.9 Å². The summed E-state index contributed by atoms with van der Waals surface area (Å²) in [4.78, 5) is 18.9. The van der Waals surface area contributed by atoms with Gasteiger partial charge in [-0.1, -0.05) is 23.7 Å². The Morgan fingerprint density at radius 3 is 2.84 bits per heavy atom. The average molecular weight is 398 g/mol. The molecule has 8 heteroatoms. The van der Waals surface area contributed by atoms with Crippen LogP contribution in [0.4, 0.5) is 5.13 Å². The second-order valence-electron chi connectivity index (χ2n) is 5.70. The molecule has 1 aromatic carbocycles. The monoisotopic (exact) mass is 397 g/mol. The maximum absolute atomic E-state index is 12.0. The molecule has 1 saturated heterocycles. The Balaban J connectivity index is 1.39. The fourth-order valence-electron chi connectivity index (χ4n) is 2.42. The van der Waals surface area contributed by atoms with Gasteiger partial charge in [-0.2, -0.15) is 0 Å². The highest BCUT2D eigenvalue weighted by Gasteiger charge is 2.13. The topological polar surface area (TPSA) is 54.5 Å². The first kappa shape index (κ1) is 18.7. The summed E-state index contributed by atoms with van der Waals surface area (Å²) in [6, 6.07) is 7.68. The number of carbonyl (C=O) groups excluding carboxylic acids is 1. The lowest BCUT2D eigenvalue weighted by atomic mass is 10.2. The van der Waals surface area contributed by atoms with Gasteiger partial charge in [0.15, 0.2) is 5.13 Å². The van der Waals surface area contributed by atoms with E-state index in [4.69, 9.17) is 16.3 Å². The van der Waals surface area contributed by atoms with Crippen LogP contribution in [0.25, 0.3) is 0 Å². The van der Waals surface area contributed by atoms with E-state index in [1.807, 2.05) is 29.6 Å². The van der Waals surface area contributed by atoms with E-state index < -0.39 is 0 Å². The number of rotatable bonds is 7. The van der Waals surface area contributed by atoms with Crippen LogP contribution in [0.3, 0.4) is 0 Å². The van der Waals surface area contributed by atoms with Gasteiger partial charge in [-0.25, -0.2) is 4.98 Å². The summed E-state index contributed by atoms with van der Waals surface area (Å²) in [5.41, 5.74) is 2.15. The minimum atomic E-state index is -0.0220. The van der Waals surface area contributed by atoms with Gasteiger partial charge in [0, 0.05) is 35.8 Å². The zero-order valence-corrected chi connectivity index (χ0v) is 16.1. The lowest BCUT2D eigenvalue weighted by Crippen LogP contribution is -2.35. The van der Waals surface area contributed by atoms with Crippen LogP contribution in [0.2, 0.25) is 5.02 Å². The Morgan fingerprint density at radius 2 is 2.08 bits per heavy atom. The standard InChI is InChI=1S/C17H20ClN3O2S2/c18-14-3-1-13(2-4-14)10-24-12-16(22)20-17-19-15(11-25-17)9-21-5-7-23-8-6-21/h1-4,11H,5-10,12H2,(H,19,20,22). The minimum absolute atomic E-state index is 0.0220. The second-order valence-corrected chi connectivity index (χ2v) is 7.98. The lowest BCUT2D eigenvalue weighted by molar-refractivity contribution is -0.113. The largest absolute Gasteiger partial charge is 0.379 e. The molecule has 1 aromatic heterocycles. The molecule has 3 rings (SSSR count). The smallest absolute Gasteiger partial charge is 0.236 e. The number of benzene rings is 1. The van der Waals surface area contributed by atoms with Crippen LogP contribution in [0.5, 0.6) is 0 Å².